The van der Waals surface area contributed by atoms with E-state index in [2.05, 4.69) is 26.6 Å². The normalized spacial score (nSPS) is 18.1. The summed E-state index contributed by atoms with van der Waals surface area (Å²) in [7, 11) is 0. The Morgan fingerprint density at radius 1 is 1.15 bits per heavy atom. The van der Waals surface area contributed by atoms with Crippen molar-refractivity contribution in [2.45, 2.75) is 31.8 Å². The fourth-order valence-corrected chi connectivity index (χ4v) is 5.83. The Morgan fingerprint density at radius 3 is 2.91 bits per heavy atom. The summed E-state index contributed by atoms with van der Waals surface area (Å²) in [5.41, 5.74) is 10.5. The lowest BCUT2D eigenvalue weighted by Gasteiger charge is -2.30. The molecular formula is C25H27N7OS. The number of hydrogen-bond donors (Lipinski definition) is 4. The van der Waals surface area contributed by atoms with Gasteiger partial charge < -0.3 is 21.3 Å². The molecule has 5 N–H and O–H groups in total. The number of nitrogen functional groups attached to an aromatic ring is 1. The van der Waals surface area contributed by atoms with Gasteiger partial charge in [-0.25, -0.2) is 4.98 Å². The highest BCUT2D eigenvalue weighted by Gasteiger charge is 2.24. The maximum Gasteiger partial charge on any atom is 0.264 e. The van der Waals surface area contributed by atoms with Crippen LogP contribution in [0.4, 0.5) is 17.5 Å². The molecule has 1 fully saturated rings. The number of aromatic nitrogens is 3. The van der Waals surface area contributed by atoms with Crippen LogP contribution < -0.4 is 26.8 Å². The summed E-state index contributed by atoms with van der Waals surface area (Å²) in [6.45, 7) is 3.31. The molecule has 0 spiro atoms. The number of benzene rings is 2. The first-order valence-corrected chi connectivity index (χ1v) is 12.6. The van der Waals surface area contributed by atoms with Gasteiger partial charge in [-0.1, -0.05) is 18.2 Å². The Kier molecular flexibility index (Phi) is 5.43. The number of nitrogens with one attached hydrogen (secondary N) is 3. The highest BCUT2D eigenvalue weighted by Crippen LogP contribution is 2.33. The zero-order valence-corrected chi connectivity index (χ0v) is 19.6. The molecule has 1 unspecified atom stereocenters. The Balaban J connectivity index is 1.41. The fraction of sp³-hybridized carbons (Fsp3) is 0.320. The van der Waals surface area contributed by atoms with Crippen LogP contribution in [0.3, 0.4) is 0 Å². The quantitative estimate of drug-likeness (QED) is 0.336. The Hall–Kier alpha value is -3.43. The predicted molar refractivity (Wildman–Crippen MR) is 139 cm³/mol. The largest absolute Gasteiger partial charge is 0.399 e. The summed E-state index contributed by atoms with van der Waals surface area (Å²) in [6, 6.07) is 14.2. The molecule has 0 amide bonds. The topological polar surface area (TPSA) is 112 Å². The number of aromatic amines is 1. The first kappa shape index (κ1) is 21.1. The number of anilines is 3. The molecule has 174 valence electrons. The van der Waals surface area contributed by atoms with E-state index in [1.807, 2.05) is 36.4 Å². The zero-order valence-electron chi connectivity index (χ0n) is 18.8. The molecule has 0 radical (unpaired) electrons. The van der Waals surface area contributed by atoms with Gasteiger partial charge in [0, 0.05) is 31.4 Å². The predicted octanol–water partition coefficient (Wildman–Crippen LogP) is 3.36. The molecular weight excluding hydrogens is 446 g/mol. The number of para-hydroxylation sites is 1. The second-order valence-electron chi connectivity index (χ2n) is 8.99. The lowest BCUT2D eigenvalue weighted by molar-refractivity contribution is 0.479. The van der Waals surface area contributed by atoms with Crippen LogP contribution in [0.2, 0.25) is 0 Å². The van der Waals surface area contributed by atoms with E-state index in [9.17, 15) is 4.79 Å². The second kappa shape index (κ2) is 8.73. The molecule has 0 bridgehead atoms. The summed E-state index contributed by atoms with van der Waals surface area (Å²) in [6.07, 6.45) is 3.01. The van der Waals surface area contributed by atoms with Gasteiger partial charge in [-0.3, -0.25) is 9.78 Å². The third kappa shape index (κ3) is 4.01. The van der Waals surface area contributed by atoms with E-state index in [-0.39, 0.29) is 11.6 Å². The highest BCUT2D eigenvalue weighted by molar-refractivity contribution is 7.21. The minimum Gasteiger partial charge on any atom is -0.399 e. The van der Waals surface area contributed by atoms with Crippen molar-refractivity contribution in [1.29, 1.82) is 0 Å². The van der Waals surface area contributed by atoms with Gasteiger partial charge in [-0.05, 0) is 61.2 Å². The molecule has 6 rings (SSSR count). The van der Waals surface area contributed by atoms with Crippen LogP contribution in [0.15, 0.2) is 47.3 Å². The van der Waals surface area contributed by atoms with E-state index in [4.69, 9.17) is 15.7 Å². The summed E-state index contributed by atoms with van der Waals surface area (Å²) in [4.78, 5) is 28.4. The smallest absolute Gasteiger partial charge is 0.264 e. The summed E-state index contributed by atoms with van der Waals surface area (Å²) in [5, 5.41) is 7.69. The SMILES string of the molecule is Nc1ccc2c(c1)CN(c1nc(NC3CCCNC3)c(-c3nc4ccccc4s3)c(=O)[nH]1)CC2. The van der Waals surface area contributed by atoms with E-state index >= 15 is 0 Å². The number of nitrogens with zero attached hydrogens (tertiary/aromatic N) is 3. The van der Waals surface area contributed by atoms with Gasteiger partial charge in [0.05, 0.1) is 10.2 Å². The molecule has 0 aliphatic carbocycles. The molecule has 0 saturated carbocycles. The first-order chi connectivity index (χ1) is 16.6. The van der Waals surface area contributed by atoms with Crippen LogP contribution in [0, 0.1) is 0 Å². The molecule has 2 aliphatic heterocycles. The van der Waals surface area contributed by atoms with Crippen molar-refractivity contribution in [3.63, 3.8) is 0 Å². The molecule has 1 saturated heterocycles. The number of H-pyrrole nitrogens is 1. The van der Waals surface area contributed by atoms with Crippen LogP contribution in [-0.4, -0.2) is 40.6 Å². The fourth-order valence-electron chi connectivity index (χ4n) is 4.82. The molecule has 2 aromatic carbocycles. The third-order valence-corrected chi connectivity index (χ3v) is 7.65. The van der Waals surface area contributed by atoms with Crippen LogP contribution >= 0.6 is 11.3 Å². The van der Waals surface area contributed by atoms with Crippen molar-refractivity contribution >= 4 is 39.0 Å². The number of fused-ring (bicyclic) bond motifs is 2. The number of piperidine rings is 1. The molecule has 34 heavy (non-hydrogen) atoms. The first-order valence-electron chi connectivity index (χ1n) is 11.7. The van der Waals surface area contributed by atoms with Crippen LogP contribution in [-0.2, 0) is 13.0 Å². The standard InChI is InChI=1S/C25H27N7OS/c26-17-8-7-15-9-11-32(14-16(15)12-17)25-30-22(28-18-4-3-10-27-13-18)21(23(33)31-25)24-29-19-5-1-2-6-20(19)34-24/h1-2,5-8,12,18,27H,3-4,9-11,13-14,26H2,(H2,28,30,31,33). The average molecular weight is 474 g/mol. The van der Waals surface area contributed by atoms with E-state index < -0.39 is 0 Å². The second-order valence-corrected chi connectivity index (χ2v) is 10.0. The minimum absolute atomic E-state index is 0.173. The third-order valence-electron chi connectivity index (χ3n) is 6.59. The van der Waals surface area contributed by atoms with Crippen molar-refractivity contribution < 1.29 is 0 Å². The maximum atomic E-state index is 13.5. The average Bonchev–Trinajstić information content (AvgIpc) is 3.27. The molecule has 9 heteroatoms. The Morgan fingerprint density at radius 2 is 2.06 bits per heavy atom. The van der Waals surface area contributed by atoms with Crippen molar-refractivity contribution in [3.8, 4) is 10.6 Å². The summed E-state index contributed by atoms with van der Waals surface area (Å²) in [5.74, 6) is 1.18. The van der Waals surface area contributed by atoms with Gasteiger partial charge in [0.15, 0.2) is 0 Å². The van der Waals surface area contributed by atoms with E-state index in [1.165, 1.54) is 22.5 Å². The van der Waals surface area contributed by atoms with Gasteiger partial charge in [0.25, 0.3) is 5.56 Å². The highest BCUT2D eigenvalue weighted by atomic mass is 32.1. The van der Waals surface area contributed by atoms with Crippen molar-refractivity contribution in [3.05, 3.63) is 63.9 Å². The van der Waals surface area contributed by atoms with Crippen LogP contribution in [0.5, 0.6) is 0 Å². The zero-order chi connectivity index (χ0) is 23.1. The van der Waals surface area contributed by atoms with Crippen LogP contribution in [0.1, 0.15) is 24.0 Å². The van der Waals surface area contributed by atoms with E-state index in [1.54, 1.807) is 0 Å². The lowest BCUT2D eigenvalue weighted by Crippen LogP contribution is -2.39. The molecule has 4 heterocycles. The van der Waals surface area contributed by atoms with Gasteiger partial charge >= 0.3 is 0 Å². The summed E-state index contributed by atoms with van der Waals surface area (Å²) < 4.78 is 1.05. The maximum absolute atomic E-state index is 13.5. The Labute approximate surface area is 201 Å². The van der Waals surface area contributed by atoms with Gasteiger partial charge in [-0.2, -0.15) is 4.98 Å². The minimum atomic E-state index is -0.173. The van der Waals surface area contributed by atoms with Gasteiger partial charge in [0.1, 0.15) is 16.4 Å². The molecule has 1 atom stereocenters. The van der Waals surface area contributed by atoms with Crippen molar-refractivity contribution in [1.82, 2.24) is 20.3 Å². The molecule has 4 aromatic rings. The van der Waals surface area contributed by atoms with Crippen LogP contribution in [0.25, 0.3) is 20.8 Å². The van der Waals surface area contributed by atoms with Crippen molar-refractivity contribution in [2.24, 2.45) is 0 Å². The molecule has 2 aliphatic rings. The number of thiazole rings is 1. The number of rotatable bonds is 4. The lowest BCUT2D eigenvalue weighted by atomic mass is 9.99. The van der Waals surface area contributed by atoms with E-state index in [0.29, 0.717) is 28.9 Å². The van der Waals surface area contributed by atoms with E-state index in [0.717, 1.165) is 54.8 Å². The monoisotopic (exact) mass is 473 g/mol. The number of hydrogen-bond acceptors (Lipinski definition) is 8. The van der Waals surface area contributed by atoms with Gasteiger partial charge in [-0.15, -0.1) is 11.3 Å². The Bertz CT molecular complexity index is 1370. The van der Waals surface area contributed by atoms with Gasteiger partial charge in [0.2, 0.25) is 5.95 Å². The van der Waals surface area contributed by atoms with Crippen molar-refractivity contribution in [2.75, 3.05) is 35.6 Å². The summed E-state index contributed by atoms with van der Waals surface area (Å²) >= 11 is 1.52. The number of nitrogens with two attached hydrogens (primary N) is 1. The molecule has 2 aromatic heterocycles. The molecule has 8 nitrogen and oxygen atoms in total.